The molecule has 0 atom stereocenters. The van der Waals surface area contributed by atoms with E-state index in [1.807, 2.05) is 18.4 Å². The Bertz CT molecular complexity index is 1730. The third-order valence-corrected chi connectivity index (χ3v) is 8.65. The molecule has 0 saturated carbocycles. The molecule has 38 heavy (non-hydrogen) atoms. The van der Waals surface area contributed by atoms with E-state index in [1.165, 1.54) is 48.0 Å². The highest BCUT2D eigenvalue weighted by Gasteiger charge is 2.27. The van der Waals surface area contributed by atoms with Crippen LogP contribution in [0.1, 0.15) is 43.2 Å². The fraction of sp³-hybridized carbons (Fsp3) is 0.200. The van der Waals surface area contributed by atoms with Gasteiger partial charge in [0.25, 0.3) is 0 Å². The van der Waals surface area contributed by atoms with Gasteiger partial charge in [0, 0.05) is 43.9 Å². The lowest BCUT2D eigenvalue weighted by Crippen LogP contribution is -2.29. The zero-order valence-corrected chi connectivity index (χ0v) is 23.9. The fourth-order valence-electron chi connectivity index (χ4n) is 5.23. The van der Waals surface area contributed by atoms with Gasteiger partial charge in [-0.3, -0.25) is 9.98 Å². The number of aryl methyl sites for hydroxylation is 2. The minimum Gasteiger partial charge on any atom is -0.292 e. The summed E-state index contributed by atoms with van der Waals surface area (Å²) < 4.78 is 2.69. The molecule has 0 saturated heterocycles. The van der Waals surface area contributed by atoms with Crippen molar-refractivity contribution >= 4 is 42.8 Å². The van der Waals surface area contributed by atoms with E-state index in [1.54, 1.807) is 0 Å². The van der Waals surface area contributed by atoms with Gasteiger partial charge in [0.05, 0.1) is 11.4 Å². The van der Waals surface area contributed by atoms with Crippen molar-refractivity contribution in [2.75, 3.05) is 7.05 Å². The Morgan fingerprint density at radius 1 is 0.842 bits per heavy atom. The van der Waals surface area contributed by atoms with Crippen LogP contribution in [-0.4, -0.2) is 17.7 Å². The maximum Gasteiger partial charge on any atom is 0.0708 e. The molecule has 0 aliphatic heterocycles. The van der Waals surface area contributed by atoms with Gasteiger partial charge < -0.3 is 0 Å². The van der Waals surface area contributed by atoms with E-state index >= 15 is 0 Å². The number of benzene rings is 3. The summed E-state index contributed by atoms with van der Waals surface area (Å²) >= 11 is 1.88. The highest BCUT2D eigenvalue weighted by molar-refractivity contribution is 7.26. The third kappa shape index (κ3) is 4.75. The normalized spacial score (nSPS) is 13.2. The topological polar surface area (TPSA) is 25.2 Å². The van der Waals surface area contributed by atoms with Crippen LogP contribution < -0.4 is 0 Å². The molecule has 0 N–H and O–H groups in total. The molecule has 0 aliphatic carbocycles. The first-order valence-electron chi connectivity index (χ1n) is 13.1. The summed E-state index contributed by atoms with van der Waals surface area (Å²) in [6, 6.07) is 27.9. The predicted molar refractivity (Wildman–Crippen MR) is 168 cm³/mol. The lowest BCUT2D eigenvalue weighted by atomic mass is 9.82. The van der Waals surface area contributed by atoms with Gasteiger partial charge in [0.15, 0.2) is 0 Å². The fourth-order valence-corrected chi connectivity index (χ4v) is 6.60. The molecule has 3 aromatic carbocycles. The molecule has 0 unspecified atom stereocenters. The van der Waals surface area contributed by atoms with Crippen LogP contribution in [0.5, 0.6) is 0 Å². The number of rotatable bonds is 6. The minimum absolute atomic E-state index is 0.340. The summed E-state index contributed by atoms with van der Waals surface area (Å²) in [5, 5.41) is 2.67. The number of allylic oxidation sites excluding steroid dienone is 4. The summed E-state index contributed by atoms with van der Waals surface area (Å²) in [5.74, 6) is 0. The Hall–Kier alpha value is -3.82. The molecule has 5 rings (SSSR count). The molecule has 3 heteroatoms. The van der Waals surface area contributed by atoms with Gasteiger partial charge in [0.1, 0.15) is 0 Å². The number of hydrogen-bond donors (Lipinski definition) is 0. The van der Waals surface area contributed by atoms with E-state index in [0.717, 1.165) is 17.1 Å². The van der Waals surface area contributed by atoms with E-state index in [0.29, 0.717) is 0 Å². The second-order valence-corrected chi connectivity index (χ2v) is 11.5. The second kappa shape index (κ2) is 10.5. The number of nitrogens with zero attached hydrogens (tertiary/aromatic N) is 2. The van der Waals surface area contributed by atoms with Crippen LogP contribution in [0.4, 0.5) is 0 Å². The summed E-state index contributed by atoms with van der Waals surface area (Å²) in [6.07, 6.45) is 6.48. The Morgan fingerprint density at radius 2 is 1.61 bits per heavy atom. The first kappa shape index (κ1) is 25.8. The molecule has 2 nitrogen and oxygen atoms in total. The first-order valence-corrected chi connectivity index (χ1v) is 13.9. The highest BCUT2D eigenvalue weighted by Crippen LogP contribution is 2.39. The van der Waals surface area contributed by atoms with E-state index in [9.17, 15) is 0 Å². The number of aliphatic imine (C=N–C) groups is 1. The van der Waals surface area contributed by atoms with Crippen molar-refractivity contribution < 1.29 is 0 Å². The van der Waals surface area contributed by atoms with E-state index in [2.05, 4.69) is 137 Å². The Balaban J connectivity index is 1.47. The van der Waals surface area contributed by atoms with Crippen LogP contribution in [0.15, 0.2) is 102 Å². The zero-order chi connectivity index (χ0) is 26.9. The number of pyridine rings is 1. The van der Waals surface area contributed by atoms with Crippen molar-refractivity contribution in [1.29, 1.82) is 0 Å². The molecular formula is C35H34N2S. The van der Waals surface area contributed by atoms with Crippen LogP contribution in [0.3, 0.4) is 0 Å². The van der Waals surface area contributed by atoms with Crippen LogP contribution >= 0.6 is 11.3 Å². The molecule has 0 aliphatic rings. The molecule has 5 aromatic rings. The van der Waals surface area contributed by atoms with Crippen LogP contribution in [0.25, 0.3) is 37.0 Å². The number of thiophene rings is 1. The van der Waals surface area contributed by atoms with Crippen molar-refractivity contribution in [3.05, 3.63) is 119 Å². The first-order chi connectivity index (χ1) is 18.3. The highest BCUT2D eigenvalue weighted by atomic mass is 32.1. The van der Waals surface area contributed by atoms with E-state index < -0.39 is 0 Å². The molecule has 0 spiro atoms. The Morgan fingerprint density at radius 3 is 2.39 bits per heavy atom. The average Bonchev–Trinajstić information content (AvgIpc) is 3.29. The maximum absolute atomic E-state index is 5.07. The largest absolute Gasteiger partial charge is 0.292 e. The lowest BCUT2D eigenvalue weighted by Gasteiger charge is -2.25. The SMILES string of the molecule is C/N=C(/C=C\C=C(/C)c1c(C)ccc2c1sc1ccccc12)C(C)(C)c1cccc(-c2ccccc2C)n1. The zero-order valence-electron chi connectivity index (χ0n) is 23.0. The molecule has 0 bridgehead atoms. The minimum atomic E-state index is -0.340. The Kier molecular flexibility index (Phi) is 7.14. The smallest absolute Gasteiger partial charge is 0.0708 e. The van der Waals surface area contributed by atoms with E-state index in [4.69, 9.17) is 4.98 Å². The summed E-state index contributed by atoms with van der Waals surface area (Å²) in [6.45, 7) is 10.9. The molecule has 190 valence electrons. The standard InChI is InChI=1S/C35H34N2S/c1-23-13-7-8-15-26(23)29-17-12-20-32(37-29)35(4,5)31(36-6)19-11-14-24(2)33-25(3)21-22-28-27-16-9-10-18-30(27)38-34(28)33/h7-22H,1-6H3/b19-11-,24-14+,36-31-. The second-order valence-electron chi connectivity index (χ2n) is 10.4. The van der Waals surface area contributed by atoms with Crippen molar-refractivity contribution in [3.63, 3.8) is 0 Å². The number of fused-ring (bicyclic) bond motifs is 3. The van der Waals surface area contributed by atoms with E-state index in [-0.39, 0.29) is 5.41 Å². The van der Waals surface area contributed by atoms with Gasteiger partial charge in [0.2, 0.25) is 0 Å². The average molecular weight is 515 g/mol. The van der Waals surface area contributed by atoms with Gasteiger partial charge in [-0.25, -0.2) is 0 Å². The third-order valence-electron chi connectivity index (χ3n) is 7.44. The van der Waals surface area contributed by atoms with Crippen LogP contribution in [0, 0.1) is 13.8 Å². The van der Waals surface area contributed by atoms with Crippen LogP contribution in [-0.2, 0) is 5.41 Å². The van der Waals surface area contributed by atoms with Gasteiger partial charge in [-0.1, -0.05) is 72.8 Å². The Labute approximate surface area is 230 Å². The van der Waals surface area contributed by atoms with Gasteiger partial charge in [-0.15, -0.1) is 11.3 Å². The number of hydrogen-bond acceptors (Lipinski definition) is 3. The summed E-state index contributed by atoms with van der Waals surface area (Å²) in [4.78, 5) is 9.76. The van der Waals surface area contributed by atoms with Crippen molar-refractivity contribution in [2.45, 2.75) is 40.0 Å². The number of aromatic nitrogens is 1. The quantitative estimate of drug-likeness (QED) is 0.163. The molecule has 0 radical (unpaired) electrons. The lowest BCUT2D eigenvalue weighted by molar-refractivity contribution is 0.690. The summed E-state index contributed by atoms with van der Waals surface area (Å²) in [7, 11) is 1.87. The molecular weight excluding hydrogens is 480 g/mol. The van der Waals surface area contributed by atoms with Crippen molar-refractivity contribution in [1.82, 2.24) is 4.98 Å². The maximum atomic E-state index is 5.07. The summed E-state index contributed by atoms with van der Waals surface area (Å²) in [5.41, 5.74) is 8.93. The van der Waals surface area contributed by atoms with Crippen LogP contribution in [0.2, 0.25) is 0 Å². The van der Waals surface area contributed by atoms with Crippen molar-refractivity contribution in [3.8, 4) is 11.3 Å². The molecule has 2 aromatic heterocycles. The molecule has 0 fully saturated rings. The monoisotopic (exact) mass is 514 g/mol. The molecule has 0 amide bonds. The van der Waals surface area contributed by atoms with Crippen molar-refractivity contribution in [2.24, 2.45) is 4.99 Å². The van der Waals surface area contributed by atoms with Gasteiger partial charge >= 0.3 is 0 Å². The van der Waals surface area contributed by atoms with Gasteiger partial charge in [-0.05, 0) is 81.2 Å². The van der Waals surface area contributed by atoms with Gasteiger partial charge in [-0.2, -0.15) is 0 Å². The predicted octanol–water partition coefficient (Wildman–Crippen LogP) is 9.74. The molecule has 2 heterocycles.